The fraction of sp³-hybridized carbons (Fsp3) is 0.381. The minimum Gasteiger partial charge on any atom is -0.490 e. The zero-order chi connectivity index (χ0) is 20.7. The van der Waals surface area contributed by atoms with E-state index in [0.29, 0.717) is 31.1 Å². The molecule has 1 amide bonds. The molecule has 2 aromatic carbocycles. The fourth-order valence-corrected chi connectivity index (χ4v) is 3.99. The molecular weight excluding hydrogens is 392 g/mol. The lowest BCUT2D eigenvalue weighted by molar-refractivity contribution is 0.0934. The highest BCUT2D eigenvalue weighted by atomic mass is 32.2. The smallest absolute Gasteiger partial charge is 0.255 e. The van der Waals surface area contributed by atoms with Crippen LogP contribution in [0.2, 0.25) is 0 Å². The summed E-state index contributed by atoms with van der Waals surface area (Å²) in [6, 6.07) is 13.6. The number of benzene rings is 2. The molecule has 29 heavy (non-hydrogen) atoms. The highest BCUT2D eigenvalue weighted by Crippen LogP contribution is 2.22. The molecule has 0 atom stereocenters. The van der Waals surface area contributed by atoms with Gasteiger partial charge in [0.05, 0.1) is 17.1 Å². The molecule has 2 aromatic rings. The molecular formula is C21H26N2O5S. The third-order valence-electron chi connectivity index (χ3n) is 4.41. The van der Waals surface area contributed by atoms with Crippen LogP contribution in [-0.4, -0.2) is 40.2 Å². The summed E-state index contributed by atoms with van der Waals surface area (Å²) >= 11 is 0. The Morgan fingerprint density at radius 2 is 1.79 bits per heavy atom. The summed E-state index contributed by atoms with van der Waals surface area (Å²) in [6.45, 7) is 3.62. The summed E-state index contributed by atoms with van der Waals surface area (Å²) in [5.74, 6) is 0.237. The van der Waals surface area contributed by atoms with Crippen molar-refractivity contribution in [2.45, 2.75) is 37.2 Å². The minimum absolute atomic E-state index is 0.0646. The monoisotopic (exact) mass is 418 g/mol. The van der Waals surface area contributed by atoms with E-state index in [-0.39, 0.29) is 23.4 Å². The van der Waals surface area contributed by atoms with Crippen LogP contribution >= 0.6 is 0 Å². The van der Waals surface area contributed by atoms with E-state index in [9.17, 15) is 13.2 Å². The number of carbonyl (C=O) groups is 1. The van der Waals surface area contributed by atoms with Crippen molar-refractivity contribution in [1.29, 1.82) is 0 Å². The van der Waals surface area contributed by atoms with Crippen LogP contribution in [0.15, 0.2) is 53.4 Å². The van der Waals surface area contributed by atoms with Gasteiger partial charge in [0.2, 0.25) is 10.0 Å². The molecule has 156 valence electrons. The van der Waals surface area contributed by atoms with Crippen LogP contribution in [-0.2, 0) is 21.3 Å². The quantitative estimate of drug-likeness (QED) is 0.547. The second-order valence-corrected chi connectivity index (χ2v) is 8.48. The van der Waals surface area contributed by atoms with Gasteiger partial charge in [-0.25, -0.2) is 13.1 Å². The number of ether oxygens (including phenoxy) is 2. The first-order valence-corrected chi connectivity index (χ1v) is 11.2. The Labute approximate surface area is 171 Å². The van der Waals surface area contributed by atoms with Crippen molar-refractivity contribution in [3.8, 4) is 5.75 Å². The number of amides is 1. The number of carbonyl (C=O) groups excluding carboxylic acids is 1. The van der Waals surface area contributed by atoms with Crippen LogP contribution in [0, 0.1) is 0 Å². The van der Waals surface area contributed by atoms with Gasteiger partial charge in [0.25, 0.3) is 5.91 Å². The zero-order valence-electron chi connectivity index (χ0n) is 16.4. The van der Waals surface area contributed by atoms with Crippen molar-refractivity contribution in [3.63, 3.8) is 0 Å². The maximum absolute atomic E-state index is 12.6. The van der Waals surface area contributed by atoms with Gasteiger partial charge in [-0.05, 0) is 49.6 Å². The second kappa shape index (κ2) is 9.87. The van der Waals surface area contributed by atoms with Gasteiger partial charge in [-0.2, -0.15) is 0 Å². The molecule has 7 nitrogen and oxygen atoms in total. The maximum Gasteiger partial charge on any atom is 0.255 e. The molecule has 0 spiro atoms. The average molecular weight is 419 g/mol. The van der Waals surface area contributed by atoms with Crippen LogP contribution in [0.1, 0.15) is 35.7 Å². The summed E-state index contributed by atoms with van der Waals surface area (Å²) in [5, 5.41) is 2.84. The van der Waals surface area contributed by atoms with Crippen LogP contribution in [0.3, 0.4) is 0 Å². The SMILES string of the molecule is CCOCCOc1ccccc1C(=O)NCc1ccc(S(=O)(=O)NC2CC2)cc1. The molecule has 0 bridgehead atoms. The molecule has 0 unspecified atom stereocenters. The molecule has 2 N–H and O–H groups in total. The lowest BCUT2D eigenvalue weighted by Gasteiger charge is -2.12. The van der Waals surface area contributed by atoms with Crippen molar-refractivity contribution in [3.05, 3.63) is 59.7 Å². The first-order valence-electron chi connectivity index (χ1n) is 9.68. The molecule has 0 radical (unpaired) electrons. The average Bonchev–Trinajstić information content (AvgIpc) is 3.53. The molecule has 8 heteroatoms. The first-order chi connectivity index (χ1) is 14.0. The van der Waals surface area contributed by atoms with E-state index in [0.717, 1.165) is 18.4 Å². The Bertz CT molecular complexity index is 924. The molecule has 3 rings (SSSR count). The summed E-state index contributed by atoms with van der Waals surface area (Å²) in [4.78, 5) is 12.8. The number of sulfonamides is 1. The predicted molar refractivity (Wildman–Crippen MR) is 109 cm³/mol. The highest BCUT2D eigenvalue weighted by Gasteiger charge is 2.27. The molecule has 1 saturated carbocycles. The van der Waals surface area contributed by atoms with Crippen molar-refractivity contribution in [2.75, 3.05) is 19.8 Å². The van der Waals surface area contributed by atoms with Crippen molar-refractivity contribution in [1.82, 2.24) is 10.0 Å². The Morgan fingerprint density at radius 1 is 1.07 bits per heavy atom. The lowest BCUT2D eigenvalue weighted by Crippen LogP contribution is -2.26. The molecule has 1 fully saturated rings. The Morgan fingerprint density at radius 3 is 2.48 bits per heavy atom. The molecule has 1 aliphatic carbocycles. The summed E-state index contributed by atoms with van der Waals surface area (Å²) < 4.78 is 37.9. The normalized spacial score (nSPS) is 13.8. The van der Waals surface area contributed by atoms with Gasteiger partial charge in [0, 0.05) is 19.2 Å². The predicted octanol–water partition coefficient (Wildman–Crippen LogP) is 2.47. The first kappa shape index (κ1) is 21.3. The van der Waals surface area contributed by atoms with E-state index in [2.05, 4.69) is 10.0 Å². The Hall–Kier alpha value is -2.42. The zero-order valence-corrected chi connectivity index (χ0v) is 17.2. The number of hydrogen-bond donors (Lipinski definition) is 2. The maximum atomic E-state index is 12.6. The van der Waals surface area contributed by atoms with Crippen LogP contribution in [0.4, 0.5) is 0 Å². The molecule has 0 aliphatic heterocycles. The van der Waals surface area contributed by atoms with E-state index >= 15 is 0 Å². The van der Waals surface area contributed by atoms with Gasteiger partial charge in [0.1, 0.15) is 12.4 Å². The summed E-state index contributed by atoms with van der Waals surface area (Å²) in [5.41, 5.74) is 1.25. The Kier molecular flexibility index (Phi) is 7.24. The van der Waals surface area contributed by atoms with Crippen LogP contribution in [0.5, 0.6) is 5.75 Å². The third-order valence-corrected chi connectivity index (χ3v) is 5.94. The van der Waals surface area contributed by atoms with Crippen molar-refractivity contribution >= 4 is 15.9 Å². The standard InChI is InChI=1S/C21H26N2O5S/c1-2-27-13-14-28-20-6-4-3-5-19(20)21(24)22-15-16-7-11-18(12-8-16)29(25,26)23-17-9-10-17/h3-8,11-12,17,23H,2,9-10,13-15H2,1H3,(H,22,24). The number of para-hydroxylation sites is 1. The summed E-state index contributed by atoms with van der Waals surface area (Å²) in [7, 11) is -3.47. The van der Waals surface area contributed by atoms with Gasteiger partial charge in [-0.1, -0.05) is 24.3 Å². The number of rotatable bonds is 11. The molecule has 0 saturated heterocycles. The third kappa shape index (κ3) is 6.28. The molecule has 1 aliphatic rings. The highest BCUT2D eigenvalue weighted by molar-refractivity contribution is 7.89. The van der Waals surface area contributed by atoms with E-state index in [1.54, 1.807) is 42.5 Å². The van der Waals surface area contributed by atoms with Crippen molar-refractivity contribution < 1.29 is 22.7 Å². The van der Waals surface area contributed by atoms with E-state index in [4.69, 9.17) is 9.47 Å². The largest absolute Gasteiger partial charge is 0.490 e. The van der Waals surface area contributed by atoms with Gasteiger partial charge in [-0.15, -0.1) is 0 Å². The number of nitrogens with one attached hydrogen (secondary N) is 2. The topological polar surface area (TPSA) is 93.7 Å². The minimum atomic E-state index is -3.47. The lowest BCUT2D eigenvalue weighted by atomic mass is 10.1. The molecule has 0 aromatic heterocycles. The van der Waals surface area contributed by atoms with Crippen LogP contribution < -0.4 is 14.8 Å². The van der Waals surface area contributed by atoms with Crippen molar-refractivity contribution in [2.24, 2.45) is 0 Å². The summed E-state index contributed by atoms with van der Waals surface area (Å²) in [6.07, 6.45) is 1.78. The van der Waals surface area contributed by atoms with Gasteiger partial charge < -0.3 is 14.8 Å². The Balaban J connectivity index is 1.56. The van der Waals surface area contributed by atoms with E-state index in [1.165, 1.54) is 0 Å². The van der Waals surface area contributed by atoms with Gasteiger partial charge in [-0.3, -0.25) is 4.79 Å². The van der Waals surface area contributed by atoms with E-state index < -0.39 is 10.0 Å². The van der Waals surface area contributed by atoms with E-state index in [1.807, 2.05) is 13.0 Å². The van der Waals surface area contributed by atoms with Crippen LogP contribution in [0.25, 0.3) is 0 Å². The fourth-order valence-electron chi connectivity index (χ4n) is 2.69. The number of hydrogen-bond acceptors (Lipinski definition) is 5. The van der Waals surface area contributed by atoms with Gasteiger partial charge >= 0.3 is 0 Å². The molecule has 0 heterocycles. The second-order valence-electron chi connectivity index (χ2n) is 6.76. The van der Waals surface area contributed by atoms with Gasteiger partial charge in [0.15, 0.2) is 0 Å².